The summed E-state index contributed by atoms with van der Waals surface area (Å²) in [4.78, 5) is 51.4. The third-order valence-electron chi connectivity index (χ3n) is 6.36. The number of nitrogens with zero attached hydrogens (tertiary/aromatic N) is 3. The lowest BCUT2D eigenvalue weighted by molar-refractivity contribution is -0.163. The van der Waals surface area contributed by atoms with E-state index in [0.29, 0.717) is 16.8 Å². The molecule has 10 heteroatoms. The van der Waals surface area contributed by atoms with E-state index < -0.39 is 29.9 Å². The van der Waals surface area contributed by atoms with Crippen molar-refractivity contribution >= 4 is 17.7 Å². The second-order valence-electron chi connectivity index (χ2n) is 8.80. The lowest BCUT2D eigenvalue weighted by Crippen LogP contribution is -2.63. The summed E-state index contributed by atoms with van der Waals surface area (Å²) in [6.07, 6.45) is 0.732. The van der Waals surface area contributed by atoms with Gasteiger partial charge >= 0.3 is 5.97 Å². The van der Waals surface area contributed by atoms with Crippen LogP contribution in [0.4, 0.5) is 0 Å². The van der Waals surface area contributed by atoms with Gasteiger partial charge in [-0.15, -0.1) is 0 Å². The number of carbonyl (C=O) groups is 3. The highest BCUT2D eigenvalue weighted by Gasteiger charge is 2.59. The summed E-state index contributed by atoms with van der Waals surface area (Å²) < 4.78 is 0.845. The van der Waals surface area contributed by atoms with Gasteiger partial charge in [-0.05, 0) is 32.9 Å². The zero-order chi connectivity index (χ0) is 23.9. The van der Waals surface area contributed by atoms with Crippen molar-refractivity contribution in [2.45, 2.75) is 45.8 Å². The van der Waals surface area contributed by atoms with Crippen LogP contribution in [0.2, 0.25) is 0 Å². The Hall–Kier alpha value is -2.98. The van der Waals surface area contributed by atoms with E-state index in [1.54, 1.807) is 18.9 Å². The van der Waals surface area contributed by atoms with Gasteiger partial charge in [0.2, 0.25) is 5.91 Å². The van der Waals surface area contributed by atoms with Crippen molar-refractivity contribution in [3.8, 4) is 0 Å². The third-order valence-corrected chi connectivity index (χ3v) is 6.36. The first-order valence-corrected chi connectivity index (χ1v) is 10.5. The van der Waals surface area contributed by atoms with Crippen LogP contribution in [0.25, 0.3) is 0 Å². The van der Waals surface area contributed by atoms with E-state index >= 15 is 0 Å². The lowest BCUT2D eigenvalue weighted by atomic mass is 9.77. The number of pyridine rings is 1. The van der Waals surface area contributed by atoms with E-state index in [1.165, 1.54) is 24.1 Å². The van der Waals surface area contributed by atoms with Crippen LogP contribution in [0.5, 0.6) is 0 Å². The number of carboxylic acids is 1. The minimum Gasteiger partial charge on any atom is -0.477 e. The van der Waals surface area contributed by atoms with Crippen molar-refractivity contribution in [1.29, 1.82) is 0 Å². The van der Waals surface area contributed by atoms with E-state index in [2.05, 4.69) is 0 Å². The number of ketones is 1. The largest absolute Gasteiger partial charge is 0.477 e. The third kappa shape index (κ3) is 4.20. The Morgan fingerprint density at radius 3 is 2.53 bits per heavy atom. The monoisotopic (exact) mass is 447 g/mol. The molecule has 32 heavy (non-hydrogen) atoms. The second-order valence-corrected chi connectivity index (χ2v) is 8.80. The van der Waals surface area contributed by atoms with Crippen LogP contribution in [0.3, 0.4) is 0 Å². The first-order valence-electron chi connectivity index (χ1n) is 10.5. The molecule has 0 bridgehead atoms. The van der Waals surface area contributed by atoms with Crippen molar-refractivity contribution in [3.05, 3.63) is 45.0 Å². The highest BCUT2D eigenvalue weighted by Crippen LogP contribution is 2.47. The summed E-state index contributed by atoms with van der Waals surface area (Å²) in [6.45, 7) is 5.18. The van der Waals surface area contributed by atoms with Crippen molar-refractivity contribution in [3.63, 3.8) is 0 Å². The first kappa shape index (κ1) is 23.7. The van der Waals surface area contributed by atoms with Crippen LogP contribution >= 0.6 is 0 Å². The molecule has 3 N–H and O–H groups in total. The predicted molar refractivity (Wildman–Crippen MR) is 113 cm³/mol. The van der Waals surface area contributed by atoms with Gasteiger partial charge in [0.25, 0.3) is 0 Å². The zero-order valence-corrected chi connectivity index (χ0v) is 18.6. The smallest absolute Gasteiger partial charge is 0.352 e. The normalized spacial score (nSPS) is 23.4. The van der Waals surface area contributed by atoms with E-state index in [4.69, 9.17) is 0 Å². The van der Waals surface area contributed by atoms with Gasteiger partial charge in [-0.2, -0.15) is 4.73 Å². The number of likely N-dealkylation sites (N-methyl/N-ethyl adjacent to an activating group) is 1. The predicted octanol–water partition coefficient (Wildman–Crippen LogP) is 0.0237. The van der Waals surface area contributed by atoms with Crippen molar-refractivity contribution in [2.24, 2.45) is 11.8 Å². The molecule has 1 saturated heterocycles. The number of fused-ring (bicyclic) bond motifs is 1. The standard InChI is InChI=1S/C22H29N3O7/c1-11-8-24(32)14(7-17(11)28)5-6-15(27)9-23(4)10-16-12(2)19-18(13(3)26)21(29)25(19)20(16)22(30)31/h7-8,12-13,18-19,26,32H,5-6,9-10H2,1-4H3,(H,30,31)/t12-,13+,18+,19+/m0/s1. The van der Waals surface area contributed by atoms with Crippen molar-refractivity contribution in [1.82, 2.24) is 14.5 Å². The Morgan fingerprint density at radius 2 is 1.94 bits per heavy atom. The average molecular weight is 447 g/mol. The average Bonchev–Trinajstić information content (AvgIpc) is 2.92. The second kappa shape index (κ2) is 8.87. The molecule has 10 nitrogen and oxygen atoms in total. The van der Waals surface area contributed by atoms with E-state index in [0.717, 1.165) is 4.73 Å². The molecule has 0 aliphatic carbocycles. The fourth-order valence-corrected chi connectivity index (χ4v) is 4.70. The van der Waals surface area contributed by atoms with Crippen LogP contribution in [0.15, 0.2) is 28.3 Å². The maximum Gasteiger partial charge on any atom is 0.352 e. The van der Waals surface area contributed by atoms with Gasteiger partial charge in [-0.1, -0.05) is 6.92 Å². The van der Waals surface area contributed by atoms with Crippen molar-refractivity contribution < 1.29 is 29.8 Å². The van der Waals surface area contributed by atoms with Gasteiger partial charge in [0.1, 0.15) is 11.5 Å². The minimum atomic E-state index is -1.20. The minimum absolute atomic E-state index is 0.0447. The number of amides is 1. The van der Waals surface area contributed by atoms with E-state index in [-0.39, 0.29) is 48.8 Å². The number of hydrogen-bond donors (Lipinski definition) is 3. The molecule has 2 aliphatic rings. The van der Waals surface area contributed by atoms with Gasteiger partial charge in [0.15, 0.2) is 5.43 Å². The number of aromatic nitrogens is 1. The van der Waals surface area contributed by atoms with Gasteiger partial charge < -0.3 is 20.3 Å². The Balaban J connectivity index is 1.65. The van der Waals surface area contributed by atoms with Gasteiger partial charge in [-0.25, -0.2) is 4.79 Å². The molecule has 1 amide bonds. The molecule has 0 spiro atoms. The quantitative estimate of drug-likeness (QED) is 0.356. The SMILES string of the molecule is Cc1cn(O)c(CCC(=O)CN(C)CC2=C(C(=O)O)N3C(=O)[C@H]([C@@H](C)O)[C@H]3[C@H]2C)cc1=O. The van der Waals surface area contributed by atoms with Crippen molar-refractivity contribution in [2.75, 3.05) is 20.1 Å². The summed E-state index contributed by atoms with van der Waals surface area (Å²) in [5, 5.41) is 29.5. The molecule has 0 unspecified atom stereocenters. The molecular weight excluding hydrogens is 418 g/mol. The molecular formula is C22H29N3O7. The summed E-state index contributed by atoms with van der Waals surface area (Å²) in [5.74, 6) is -2.62. The number of Topliss-reactive ketones (excluding diaryl/α,β-unsaturated/α-hetero) is 1. The number of carbonyl (C=O) groups excluding carboxylic acids is 2. The maximum atomic E-state index is 12.5. The summed E-state index contributed by atoms with van der Waals surface area (Å²) in [6, 6.07) is 0.909. The number of β-lactam (4-membered cyclic amide) rings is 1. The Morgan fingerprint density at radius 1 is 1.28 bits per heavy atom. The molecule has 1 aromatic heterocycles. The van der Waals surface area contributed by atoms with E-state index in [9.17, 15) is 34.6 Å². The number of aryl methyl sites for hydroxylation is 2. The topological polar surface area (TPSA) is 140 Å². The summed E-state index contributed by atoms with van der Waals surface area (Å²) >= 11 is 0. The maximum absolute atomic E-state index is 12.5. The molecule has 1 fully saturated rings. The molecule has 0 aromatic carbocycles. The van der Waals surface area contributed by atoms with Gasteiger partial charge in [-0.3, -0.25) is 19.3 Å². The number of hydrogen-bond acceptors (Lipinski definition) is 7. The fourth-order valence-electron chi connectivity index (χ4n) is 4.70. The molecule has 3 rings (SSSR count). The summed E-state index contributed by atoms with van der Waals surface area (Å²) in [5.41, 5.74) is 1.01. The Bertz CT molecular complexity index is 1040. The molecule has 4 atom stereocenters. The molecule has 174 valence electrons. The molecule has 2 aliphatic heterocycles. The fraction of sp³-hybridized carbons (Fsp3) is 0.545. The lowest BCUT2D eigenvalue weighted by Gasteiger charge is -2.46. The molecule has 0 radical (unpaired) electrons. The molecule has 0 saturated carbocycles. The van der Waals surface area contributed by atoms with Crippen LogP contribution in [-0.4, -0.2) is 79.9 Å². The number of aliphatic carboxylic acids is 1. The van der Waals surface area contributed by atoms with Gasteiger partial charge in [0, 0.05) is 30.5 Å². The van der Waals surface area contributed by atoms with Gasteiger partial charge in [0.05, 0.1) is 36.5 Å². The zero-order valence-electron chi connectivity index (χ0n) is 18.6. The Labute approximate surface area is 185 Å². The van der Waals surface area contributed by atoms with Crippen LogP contribution < -0.4 is 5.43 Å². The number of carboxylic acid groups (broad SMARTS) is 1. The highest BCUT2D eigenvalue weighted by atomic mass is 16.5. The number of aliphatic hydroxyl groups is 1. The van der Waals surface area contributed by atoms with Crippen LogP contribution in [0, 0.1) is 18.8 Å². The number of rotatable bonds is 9. The Kier molecular flexibility index (Phi) is 6.56. The number of aliphatic hydroxyl groups excluding tert-OH is 1. The molecule has 1 aromatic rings. The first-order chi connectivity index (χ1) is 14.9. The summed E-state index contributed by atoms with van der Waals surface area (Å²) in [7, 11) is 1.69. The molecule has 3 heterocycles. The van der Waals surface area contributed by atoms with Crippen LogP contribution in [-0.2, 0) is 20.8 Å². The van der Waals surface area contributed by atoms with E-state index in [1.807, 2.05) is 6.92 Å². The van der Waals surface area contributed by atoms with Crippen LogP contribution in [0.1, 0.15) is 31.5 Å². The highest BCUT2D eigenvalue weighted by molar-refractivity contribution is 6.00.